The lowest BCUT2D eigenvalue weighted by Crippen LogP contribution is -2.48. The largest absolute Gasteiger partial charge is 0.378 e. The lowest BCUT2D eigenvalue weighted by atomic mass is 10.0. The van der Waals surface area contributed by atoms with Crippen LogP contribution in [0.15, 0.2) is 0 Å². The Morgan fingerprint density at radius 3 is 2.48 bits per heavy atom. The van der Waals surface area contributed by atoms with Gasteiger partial charge in [0.25, 0.3) is 0 Å². The van der Waals surface area contributed by atoms with E-state index in [1.165, 1.54) is 12.8 Å². The van der Waals surface area contributed by atoms with Crippen molar-refractivity contribution < 1.29 is 9.53 Å². The van der Waals surface area contributed by atoms with E-state index >= 15 is 0 Å². The summed E-state index contributed by atoms with van der Waals surface area (Å²) in [5, 5.41) is 6.51. The van der Waals surface area contributed by atoms with Gasteiger partial charge in [-0.1, -0.05) is 0 Å². The average Bonchev–Trinajstić information content (AvgIpc) is 3.25. The third kappa shape index (κ3) is 5.91. The zero-order valence-electron chi connectivity index (χ0n) is 12.4. The van der Waals surface area contributed by atoms with Gasteiger partial charge in [0.2, 0.25) is 5.91 Å². The number of amides is 1. The minimum Gasteiger partial charge on any atom is -0.378 e. The van der Waals surface area contributed by atoms with Gasteiger partial charge in [-0.2, -0.15) is 0 Å². The van der Waals surface area contributed by atoms with Crippen LogP contribution in [0, 0.1) is 0 Å². The third-order valence-electron chi connectivity index (χ3n) is 4.39. The van der Waals surface area contributed by atoms with Crippen LogP contribution in [-0.4, -0.2) is 61.8 Å². The van der Waals surface area contributed by atoms with E-state index in [9.17, 15) is 4.79 Å². The van der Waals surface area contributed by atoms with Gasteiger partial charge >= 0.3 is 0 Å². The summed E-state index contributed by atoms with van der Waals surface area (Å²) in [6, 6.07) is 1.44. The molecule has 3 rings (SSSR count). The van der Waals surface area contributed by atoms with Crippen molar-refractivity contribution in [3.05, 3.63) is 0 Å². The molecule has 2 N–H and O–H groups in total. The van der Waals surface area contributed by atoms with E-state index in [0.717, 1.165) is 45.1 Å². The predicted molar refractivity (Wildman–Crippen MR) is 87.5 cm³/mol. The maximum atomic E-state index is 12.0. The van der Waals surface area contributed by atoms with Crippen LogP contribution in [-0.2, 0) is 9.53 Å². The molecule has 7 heteroatoms. The Morgan fingerprint density at radius 2 is 1.90 bits per heavy atom. The van der Waals surface area contributed by atoms with E-state index in [0.29, 0.717) is 19.1 Å². The van der Waals surface area contributed by atoms with Crippen molar-refractivity contribution in [2.24, 2.45) is 0 Å². The summed E-state index contributed by atoms with van der Waals surface area (Å²) < 4.78 is 5.37. The lowest BCUT2D eigenvalue weighted by molar-refractivity contribution is -0.123. The highest BCUT2D eigenvalue weighted by molar-refractivity contribution is 5.85. The first-order valence-corrected chi connectivity index (χ1v) is 7.66. The van der Waals surface area contributed by atoms with E-state index < -0.39 is 0 Å². The molecule has 0 radical (unpaired) electrons. The number of rotatable bonds is 4. The van der Waals surface area contributed by atoms with Gasteiger partial charge in [0.05, 0.1) is 13.2 Å². The number of morpholine rings is 1. The maximum Gasteiger partial charge on any atom is 0.221 e. The summed E-state index contributed by atoms with van der Waals surface area (Å²) in [6.45, 7) is 4.59. The first-order valence-electron chi connectivity index (χ1n) is 7.66. The van der Waals surface area contributed by atoms with Crippen molar-refractivity contribution in [3.63, 3.8) is 0 Å². The van der Waals surface area contributed by atoms with Crippen LogP contribution in [0.1, 0.15) is 32.1 Å². The molecule has 2 aliphatic heterocycles. The van der Waals surface area contributed by atoms with Crippen LogP contribution >= 0.6 is 24.8 Å². The number of nitrogens with zero attached hydrogens (tertiary/aromatic N) is 1. The van der Waals surface area contributed by atoms with Gasteiger partial charge in [-0.3, -0.25) is 4.79 Å². The fraction of sp³-hybridized carbons (Fsp3) is 0.929. The predicted octanol–water partition coefficient (Wildman–Crippen LogP) is 0.951. The van der Waals surface area contributed by atoms with Crippen LogP contribution in [0.5, 0.6) is 0 Å². The average molecular weight is 340 g/mol. The smallest absolute Gasteiger partial charge is 0.221 e. The SMILES string of the molecule is Cl.Cl.O=C(CC1COCCN1)NC1CCN(C2CC2)CC1. The first-order chi connectivity index (χ1) is 9.31. The molecular weight excluding hydrogens is 313 g/mol. The number of hydrogen-bond donors (Lipinski definition) is 2. The molecule has 2 heterocycles. The molecule has 21 heavy (non-hydrogen) atoms. The molecule has 0 aromatic carbocycles. The summed E-state index contributed by atoms with van der Waals surface area (Å²) in [6.07, 6.45) is 5.52. The van der Waals surface area contributed by atoms with E-state index in [4.69, 9.17) is 4.74 Å². The van der Waals surface area contributed by atoms with Crippen molar-refractivity contribution in [1.29, 1.82) is 0 Å². The summed E-state index contributed by atoms with van der Waals surface area (Å²) in [7, 11) is 0. The van der Waals surface area contributed by atoms with Gasteiger partial charge in [-0.25, -0.2) is 0 Å². The minimum atomic E-state index is 0. The third-order valence-corrected chi connectivity index (χ3v) is 4.39. The number of carbonyl (C=O) groups is 1. The molecule has 5 nitrogen and oxygen atoms in total. The molecule has 124 valence electrons. The molecule has 1 aliphatic carbocycles. The molecule has 3 aliphatic rings. The zero-order valence-corrected chi connectivity index (χ0v) is 14.0. The second-order valence-corrected chi connectivity index (χ2v) is 6.04. The highest BCUT2D eigenvalue weighted by Crippen LogP contribution is 2.29. The fourth-order valence-electron chi connectivity index (χ4n) is 3.11. The second kappa shape index (κ2) is 9.16. The molecule has 3 fully saturated rings. The van der Waals surface area contributed by atoms with Crippen molar-refractivity contribution in [2.45, 2.75) is 50.2 Å². The molecule has 0 aromatic rings. The Hall–Kier alpha value is -0.0700. The van der Waals surface area contributed by atoms with E-state index in [-0.39, 0.29) is 36.8 Å². The quantitative estimate of drug-likeness (QED) is 0.800. The van der Waals surface area contributed by atoms with Gasteiger partial charge < -0.3 is 20.3 Å². The molecule has 0 bridgehead atoms. The van der Waals surface area contributed by atoms with Gasteiger partial charge in [0, 0.05) is 44.2 Å². The molecule has 0 spiro atoms. The number of nitrogens with one attached hydrogen (secondary N) is 2. The number of piperidine rings is 1. The molecule has 1 amide bonds. The van der Waals surface area contributed by atoms with Gasteiger partial charge in [-0.15, -0.1) is 24.8 Å². The molecular formula is C14H27Cl2N3O2. The number of halogens is 2. The summed E-state index contributed by atoms with van der Waals surface area (Å²) in [5.41, 5.74) is 0. The highest BCUT2D eigenvalue weighted by atomic mass is 35.5. The number of likely N-dealkylation sites (tertiary alicyclic amines) is 1. The zero-order chi connectivity index (χ0) is 13.1. The summed E-state index contributed by atoms with van der Waals surface area (Å²) in [4.78, 5) is 14.6. The minimum absolute atomic E-state index is 0. The van der Waals surface area contributed by atoms with Crippen LogP contribution in [0.3, 0.4) is 0 Å². The highest BCUT2D eigenvalue weighted by Gasteiger charge is 2.32. The molecule has 1 atom stereocenters. The number of carbonyl (C=O) groups excluding carboxylic acids is 1. The summed E-state index contributed by atoms with van der Waals surface area (Å²) in [5.74, 6) is 0.174. The van der Waals surface area contributed by atoms with Crippen molar-refractivity contribution in [2.75, 3.05) is 32.8 Å². The van der Waals surface area contributed by atoms with Crippen LogP contribution in [0.2, 0.25) is 0 Å². The van der Waals surface area contributed by atoms with Gasteiger partial charge in [-0.05, 0) is 25.7 Å². The monoisotopic (exact) mass is 339 g/mol. The summed E-state index contributed by atoms with van der Waals surface area (Å²) >= 11 is 0. The van der Waals surface area contributed by atoms with Gasteiger partial charge in [0.15, 0.2) is 0 Å². The van der Waals surface area contributed by atoms with Crippen molar-refractivity contribution in [3.8, 4) is 0 Å². The van der Waals surface area contributed by atoms with Gasteiger partial charge in [0.1, 0.15) is 0 Å². The van der Waals surface area contributed by atoms with E-state index in [2.05, 4.69) is 15.5 Å². The first kappa shape index (κ1) is 19.0. The van der Waals surface area contributed by atoms with E-state index in [1.807, 2.05) is 0 Å². The van der Waals surface area contributed by atoms with E-state index in [1.54, 1.807) is 0 Å². The molecule has 1 unspecified atom stereocenters. The van der Waals surface area contributed by atoms with Crippen LogP contribution in [0.25, 0.3) is 0 Å². The number of ether oxygens (including phenoxy) is 1. The van der Waals surface area contributed by atoms with Crippen molar-refractivity contribution >= 4 is 30.7 Å². The Kier molecular flexibility index (Phi) is 8.27. The van der Waals surface area contributed by atoms with Crippen molar-refractivity contribution in [1.82, 2.24) is 15.5 Å². The standard InChI is InChI=1S/C14H25N3O2.2ClH/c18-14(9-12-10-19-8-5-15-12)16-11-3-6-17(7-4-11)13-1-2-13;;/h11-13,15H,1-10H2,(H,16,18);2*1H. The topological polar surface area (TPSA) is 53.6 Å². The number of hydrogen-bond acceptors (Lipinski definition) is 4. The normalized spacial score (nSPS) is 27.3. The van der Waals surface area contributed by atoms with Crippen LogP contribution in [0.4, 0.5) is 0 Å². The molecule has 1 saturated carbocycles. The molecule has 2 saturated heterocycles. The Balaban J connectivity index is 0.00000110. The lowest BCUT2D eigenvalue weighted by Gasteiger charge is -2.32. The Bertz CT molecular complexity index is 315. The Morgan fingerprint density at radius 1 is 1.19 bits per heavy atom. The van der Waals surface area contributed by atoms with Crippen LogP contribution < -0.4 is 10.6 Å². The maximum absolute atomic E-state index is 12.0. The Labute approximate surface area is 139 Å². The fourth-order valence-corrected chi connectivity index (χ4v) is 3.11. The second-order valence-electron chi connectivity index (χ2n) is 6.04. The molecule has 0 aromatic heterocycles.